The summed E-state index contributed by atoms with van der Waals surface area (Å²) in [7, 11) is 0. The van der Waals surface area contributed by atoms with Gasteiger partial charge in [-0.1, -0.05) is 24.3 Å². The van der Waals surface area contributed by atoms with Gasteiger partial charge in [0.25, 0.3) is 0 Å². The molecule has 2 fully saturated rings. The van der Waals surface area contributed by atoms with Gasteiger partial charge in [0.15, 0.2) is 0 Å². The molecule has 1 N–H and O–H groups in total. The Labute approximate surface area is 223 Å². The second kappa shape index (κ2) is 11.0. The summed E-state index contributed by atoms with van der Waals surface area (Å²) in [6.07, 6.45) is -2.93. The number of alkyl halides is 3. The highest BCUT2D eigenvalue weighted by Crippen LogP contribution is 2.38. The van der Waals surface area contributed by atoms with Crippen LogP contribution in [0.2, 0.25) is 0 Å². The maximum atomic E-state index is 14.4. The average Bonchev–Trinajstić information content (AvgIpc) is 3.42. The summed E-state index contributed by atoms with van der Waals surface area (Å²) in [5, 5.41) is 16.5. The number of urea groups is 1. The second-order valence-electron chi connectivity index (χ2n) is 10.0. The van der Waals surface area contributed by atoms with Gasteiger partial charge < -0.3 is 14.5 Å². The standard InChI is InChI=1S/C28H27F4N5O2/c29-24-4-2-1-3-23(24)26-14-25(34-35-26)21-13-20(19-5-7-22(8-6-19)39-28(30,31)32)16-37(17-21)27(38)36-11-9-18(15-33)10-12-36/h1-8,14,18,20-21H,9-13,16-17H2,(H,34,35). The van der Waals surface area contributed by atoms with E-state index in [1.54, 1.807) is 46.2 Å². The number of ether oxygens (including phenoxy) is 1. The van der Waals surface area contributed by atoms with Crippen molar-refractivity contribution in [2.75, 3.05) is 26.2 Å². The first kappa shape index (κ1) is 26.5. The van der Waals surface area contributed by atoms with E-state index in [9.17, 15) is 27.6 Å². The van der Waals surface area contributed by atoms with E-state index in [0.717, 1.165) is 11.3 Å². The first-order valence-corrected chi connectivity index (χ1v) is 12.8. The van der Waals surface area contributed by atoms with Crippen molar-refractivity contribution >= 4 is 6.03 Å². The molecule has 2 amide bonds. The van der Waals surface area contributed by atoms with Gasteiger partial charge in [-0.05, 0) is 55.2 Å². The van der Waals surface area contributed by atoms with Crippen LogP contribution in [0.4, 0.5) is 22.4 Å². The smallest absolute Gasteiger partial charge is 0.406 e. The van der Waals surface area contributed by atoms with Gasteiger partial charge in [-0.2, -0.15) is 10.4 Å². The number of carbonyl (C=O) groups excluding carboxylic acids is 1. The molecule has 0 aliphatic carbocycles. The van der Waals surface area contributed by atoms with E-state index in [1.807, 2.05) is 0 Å². The predicted molar refractivity (Wildman–Crippen MR) is 134 cm³/mol. The third kappa shape index (κ3) is 6.16. The Hall–Kier alpha value is -4.07. The van der Waals surface area contributed by atoms with Crippen molar-refractivity contribution < 1.29 is 27.1 Å². The number of aromatic amines is 1. The Morgan fingerprint density at radius 1 is 1.03 bits per heavy atom. The molecule has 1 aromatic heterocycles. The molecule has 3 heterocycles. The van der Waals surface area contributed by atoms with Gasteiger partial charge in [-0.3, -0.25) is 5.10 Å². The summed E-state index contributed by atoms with van der Waals surface area (Å²) < 4.78 is 56.2. The fourth-order valence-corrected chi connectivity index (χ4v) is 5.42. The topological polar surface area (TPSA) is 85.2 Å². The van der Waals surface area contributed by atoms with E-state index >= 15 is 0 Å². The molecule has 2 saturated heterocycles. The SMILES string of the molecule is N#CC1CCN(C(=O)N2CC(c3ccc(OC(F)(F)F)cc3)CC(c3cc(-c4ccccc4F)n[nH]3)C2)CC1. The minimum atomic E-state index is -4.78. The predicted octanol–water partition coefficient (Wildman–Crippen LogP) is 6.04. The van der Waals surface area contributed by atoms with E-state index in [4.69, 9.17) is 0 Å². The molecule has 39 heavy (non-hydrogen) atoms. The van der Waals surface area contributed by atoms with Gasteiger partial charge in [0.2, 0.25) is 0 Å². The van der Waals surface area contributed by atoms with Crippen molar-refractivity contribution in [3.05, 3.63) is 71.7 Å². The van der Waals surface area contributed by atoms with Crippen LogP contribution in [0, 0.1) is 23.1 Å². The number of amides is 2. The minimum Gasteiger partial charge on any atom is -0.406 e. The number of hydrogen-bond donors (Lipinski definition) is 1. The molecule has 2 unspecified atom stereocenters. The van der Waals surface area contributed by atoms with Gasteiger partial charge in [-0.15, -0.1) is 13.2 Å². The lowest BCUT2D eigenvalue weighted by molar-refractivity contribution is -0.274. The van der Waals surface area contributed by atoms with Gasteiger partial charge in [0.1, 0.15) is 11.6 Å². The van der Waals surface area contributed by atoms with Crippen LogP contribution in [0.25, 0.3) is 11.3 Å². The molecular weight excluding hydrogens is 514 g/mol. The van der Waals surface area contributed by atoms with Crippen molar-refractivity contribution in [3.8, 4) is 23.1 Å². The lowest BCUT2D eigenvalue weighted by Gasteiger charge is -2.41. The maximum Gasteiger partial charge on any atom is 0.573 e. The van der Waals surface area contributed by atoms with E-state index in [0.29, 0.717) is 56.7 Å². The summed E-state index contributed by atoms with van der Waals surface area (Å²) in [5.41, 5.74) is 2.34. The summed E-state index contributed by atoms with van der Waals surface area (Å²) in [6, 6.07) is 16.0. The number of nitrogens with one attached hydrogen (secondary N) is 1. The number of likely N-dealkylation sites (tertiary alicyclic amines) is 2. The molecule has 0 saturated carbocycles. The van der Waals surface area contributed by atoms with Crippen LogP contribution >= 0.6 is 0 Å². The zero-order valence-electron chi connectivity index (χ0n) is 21.0. The van der Waals surface area contributed by atoms with Crippen LogP contribution in [-0.4, -0.2) is 58.6 Å². The van der Waals surface area contributed by atoms with Gasteiger partial charge in [-0.25, -0.2) is 9.18 Å². The lowest BCUT2D eigenvalue weighted by atomic mass is 9.83. The first-order valence-electron chi connectivity index (χ1n) is 12.8. The molecule has 3 aromatic rings. The summed E-state index contributed by atoms with van der Waals surface area (Å²) in [5.74, 6) is -1.09. The van der Waals surface area contributed by atoms with Crippen LogP contribution in [0.15, 0.2) is 54.6 Å². The maximum absolute atomic E-state index is 14.4. The Balaban J connectivity index is 1.39. The Morgan fingerprint density at radius 3 is 2.38 bits per heavy atom. The van der Waals surface area contributed by atoms with Gasteiger partial charge in [0.05, 0.1) is 11.8 Å². The zero-order valence-corrected chi connectivity index (χ0v) is 21.0. The van der Waals surface area contributed by atoms with E-state index in [-0.39, 0.29) is 29.5 Å². The zero-order chi connectivity index (χ0) is 27.6. The molecule has 2 aliphatic rings. The number of benzene rings is 2. The number of nitriles is 1. The second-order valence-corrected chi connectivity index (χ2v) is 10.0. The summed E-state index contributed by atoms with van der Waals surface area (Å²) in [6.45, 7) is 1.78. The fourth-order valence-electron chi connectivity index (χ4n) is 5.42. The number of aromatic nitrogens is 2. The normalized spacial score (nSPS) is 20.5. The Kier molecular flexibility index (Phi) is 7.46. The van der Waals surface area contributed by atoms with Crippen molar-refractivity contribution in [2.24, 2.45) is 5.92 Å². The number of rotatable bonds is 4. The third-order valence-corrected chi connectivity index (χ3v) is 7.44. The quantitative estimate of drug-likeness (QED) is 0.408. The largest absolute Gasteiger partial charge is 0.573 e. The highest BCUT2D eigenvalue weighted by molar-refractivity contribution is 5.75. The monoisotopic (exact) mass is 541 g/mol. The van der Waals surface area contributed by atoms with E-state index in [2.05, 4.69) is 21.0 Å². The van der Waals surface area contributed by atoms with Crippen LogP contribution < -0.4 is 4.74 Å². The number of H-pyrrole nitrogens is 1. The van der Waals surface area contributed by atoms with Crippen LogP contribution in [0.5, 0.6) is 5.75 Å². The number of halogens is 4. The molecule has 2 atom stereocenters. The van der Waals surface area contributed by atoms with Crippen molar-refractivity contribution in [1.29, 1.82) is 5.26 Å². The van der Waals surface area contributed by atoms with E-state index < -0.39 is 12.2 Å². The Morgan fingerprint density at radius 2 is 1.72 bits per heavy atom. The van der Waals surface area contributed by atoms with Crippen LogP contribution in [0.1, 0.15) is 42.4 Å². The minimum absolute atomic E-state index is 0.0601. The highest BCUT2D eigenvalue weighted by atomic mass is 19.4. The lowest BCUT2D eigenvalue weighted by Crippen LogP contribution is -2.51. The molecule has 204 valence electrons. The number of piperidine rings is 2. The molecular formula is C28H27F4N5O2. The van der Waals surface area contributed by atoms with Gasteiger partial charge in [0, 0.05) is 55.2 Å². The number of nitrogens with zero attached hydrogens (tertiary/aromatic N) is 4. The number of carbonyl (C=O) groups is 1. The average molecular weight is 542 g/mol. The third-order valence-electron chi connectivity index (χ3n) is 7.44. The van der Waals surface area contributed by atoms with Crippen molar-refractivity contribution in [1.82, 2.24) is 20.0 Å². The molecule has 2 aromatic carbocycles. The van der Waals surface area contributed by atoms with Crippen LogP contribution in [-0.2, 0) is 0 Å². The van der Waals surface area contributed by atoms with Crippen molar-refractivity contribution in [3.63, 3.8) is 0 Å². The Bertz CT molecular complexity index is 1340. The van der Waals surface area contributed by atoms with E-state index in [1.165, 1.54) is 18.2 Å². The van der Waals surface area contributed by atoms with Crippen LogP contribution in [0.3, 0.4) is 0 Å². The summed E-state index contributed by atoms with van der Waals surface area (Å²) in [4.78, 5) is 17.0. The molecule has 0 radical (unpaired) electrons. The highest BCUT2D eigenvalue weighted by Gasteiger charge is 2.36. The molecule has 2 aliphatic heterocycles. The summed E-state index contributed by atoms with van der Waals surface area (Å²) >= 11 is 0. The molecule has 11 heteroatoms. The van der Waals surface area contributed by atoms with Gasteiger partial charge >= 0.3 is 12.4 Å². The number of hydrogen-bond acceptors (Lipinski definition) is 4. The molecule has 7 nitrogen and oxygen atoms in total. The molecule has 5 rings (SSSR count). The molecule has 0 spiro atoms. The van der Waals surface area contributed by atoms with Crippen molar-refractivity contribution in [2.45, 2.75) is 37.5 Å². The molecule has 0 bridgehead atoms. The fraction of sp³-hybridized carbons (Fsp3) is 0.393. The first-order chi connectivity index (χ1) is 18.7.